The van der Waals surface area contributed by atoms with E-state index in [1.165, 1.54) is 9.80 Å². The van der Waals surface area contributed by atoms with Gasteiger partial charge >= 0.3 is 0 Å². The van der Waals surface area contributed by atoms with Crippen LogP contribution in [0.25, 0.3) is 5.57 Å². The average Bonchev–Trinajstić information content (AvgIpc) is 3.39. The molecule has 1 saturated heterocycles. The van der Waals surface area contributed by atoms with E-state index in [1.807, 2.05) is 18.2 Å². The lowest BCUT2D eigenvalue weighted by atomic mass is 10.1. The van der Waals surface area contributed by atoms with Crippen LogP contribution in [-0.2, 0) is 20.8 Å². The molecular formula is C29H24ClN3O5S2. The molecule has 3 aromatic rings. The van der Waals surface area contributed by atoms with Gasteiger partial charge in [0, 0.05) is 22.8 Å². The number of nitrogens with zero attached hydrogens (tertiary/aromatic N) is 2. The Bertz CT molecular complexity index is 1560. The number of para-hydroxylation sites is 1. The number of amides is 3. The van der Waals surface area contributed by atoms with Gasteiger partial charge < -0.3 is 14.8 Å². The molecule has 3 amide bonds. The van der Waals surface area contributed by atoms with E-state index in [0.717, 1.165) is 17.3 Å². The molecule has 8 nitrogen and oxygen atoms in total. The average molecular weight is 594 g/mol. The minimum Gasteiger partial charge on any atom is -0.493 e. The van der Waals surface area contributed by atoms with Gasteiger partial charge in [0.25, 0.3) is 11.8 Å². The Hall–Kier alpha value is -3.86. The fourth-order valence-electron chi connectivity index (χ4n) is 4.55. The molecule has 1 fully saturated rings. The summed E-state index contributed by atoms with van der Waals surface area (Å²) >= 11 is 12.6. The maximum Gasteiger partial charge on any atom is 0.267 e. The summed E-state index contributed by atoms with van der Waals surface area (Å²) in [5, 5.41) is 3.33. The first-order valence-corrected chi connectivity index (χ1v) is 13.9. The Morgan fingerprint density at radius 3 is 2.40 bits per heavy atom. The third kappa shape index (κ3) is 5.42. The third-order valence-electron chi connectivity index (χ3n) is 6.50. The first kappa shape index (κ1) is 27.7. The SMILES string of the molecule is COc1ccc(CCN2C(=O)C(=C3C(=O)N(CC(=O)Nc4ccc(Cl)cc4)c4ccccc43)SC2=S)cc1OC. The van der Waals surface area contributed by atoms with Crippen LogP contribution in [0.3, 0.4) is 0 Å². The standard InChI is InChI=1S/C29H24ClN3O5S2/c1-37-22-12-7-17(15-23(22)38-2)13-14-32-28(36)26(40-29(32)39)25-20-5-3-4-6-21(20)33(27(25)35)16-24(34)31-19-10-8-18(30)9-11-19/h3-12,15H,13-14,16H2,1-2H3,(H,31,34). The number of hydrogen-bond acceptors (Lipinski definition) is 7. The van der Waals surface area contributed by atoms with Gasteiger partial charge in [-0.2, -0.15) is 0 Å². The highest BCUT2D eigenvalue weighted by Gasteiger charge is 2.42. The molecule has 0 atom stereocenters. The highest BCUT2D eigenvalue weighted by atomic mass is 35.5. The van der Waals surface area contributed by atoms with E-state index >= 15 is 0 Å². The van der Waals surface area contributed by atoms with E-state index in [-0.39, 0.29) is 28.8 Å². The lowest BCUT2D eigenvalue weighted by Gasteiger charge is -2.17. The lowest BCUT2D eigenvalue weighted by molar-refractivity contribution is -0.122. The third-order valence-corrected chi connectivity index (χ3v) is 8.20. The van der Waals surface area contributed by atoms with Crippen molar-refractivity contribution >= 4 is 74.6 Å². The fourth-order valence-corrected chi connectivity index (χ4v) is 6.06. The van der Waals surface area contributed by atoms with Crippen LogP contribution in [0, 0.1) is 0 Å². The molecule has 40 heavy (non-hydrogen) atoms. The monoisotopic (exact) mass is 593 g/mol. The number of carbonyl (C=O) groups is 3. The Labute approximate surface area is 245 Å². The normalized spacial score (nSPS) is 16.4. The van der Waals surface area contributed by atoms with Gasteiger partial charge in [0.1, 0.15) is 10.9 Å². The molecule has 204 valence electrons. The molecule has 2 aliphatic rings. The highest BCUT2D eigenvalue weighted by Crippen LogP contribution is 2.44. The number of thiocarbonyl (C=S) groups is 1. The zero-order chi connectivity index (χ0) is 28.4. The van der Waals surface area contributed by atoms with Gasteiger partial charge in [-0.25, -0.2) is 0 Å². The van der Waals surface area contributed by atoms with Gasteiger partial charge in [0.15, 0.2) is 11.5 Å². The summed E-state index contributed by atoms with van der Waals surface area (Å²) < 4.78 is 11.0. The minimum absolute atomic E-state index is 0.221. The van der Waals surface area contributed by atoms with Gasteiger partial charge in [0.2, 0.25) is 5.91 Å². The molecule has 0 saturated carbocycles. The van der Waals surface area contributed by atoms with Gasteiger partial charge in [-0.3, -0.25) is 24.2 Å². The van der Waals surface area contributed by atoms with Gasteiger partial charge in [-0.15, -0.1) is 0 Å². The number of ether oxygens (including phenoxy) is 2. The van der Waals surface area contributed by atoms with Crippen LogP contribution in [0.5, 0.6) is 11.5 Å². The van der Waals surface area contributed by atoms with Crippen molar-refractivity contribution in [3.8, 4) is 11.5 Å². The topological polar surface area (TPSA) is 88.2 Å². The largest absolute Gasteiger partial charge is 0.493 e. The number of halogens is 1. The first-order valence-electron chi connectivity index (χ1n) is 12.3. The molecule has 0 unspecified atom stereocenters. The number of thioether (sulfide) groups is 1. The Morgan fingerprint density at radius 2 is 1.68 bits per heavy atom. The molecule has 0 bridgehead atoms. The summed E-state index contributed by atoms with van der Waals surface area (Å²) in [6, 6.07) is 19.4. The predicted molar refractivity (Wildman–Crippen MR) is 161 cm³/mol. The summed E-state index contributed by atoms with van der Waals surface area (Å²) in [4.78, 5) is 43.2. The second-order valence-electron chi connectivity index (χ2n) is 8.93. The van der Waals surface area contributed by atoms with Crippen LogP contribution in [0.2, 0.25) is 5.02 Å². The number of hydrogen-bond donors (Lipinski definition) is 1. The van der Waals surface area contributed by atoms with Crippen LogP contribution < -0.4 is 19.7 Å². The quantitative estimate of drug-likeness (QED) is 0.285. The van der Waals surface area contributed by atoms with Crippen molar-refractivity contribution in [1.82, 2.24) is 4.90 Å². The summed E-state index contributed by atoms with van der Waals surface area (Å²) in [5.41, 5.74) is 2.90. The lowest BCUT2D eigenvalue weighted by Crippen LogP contribution is -2.35. The van der Waals surface area contributed by atoms with Crippen molar-refractivity contribution in [3.05, 3.63) is 87.8 Å². The maximum atomic E-state index is 13.7. The Kier molecular flexibility index (Phi) is 8.11. The number of anilines is 2. The number of carbonyl (C=O) groups excluding carboxylic acids is 3. The van der Waals surface area contributed by atoms with Gasteiger partial charge in [-0.05, 0) is 54.4 Å². The second kappa shape index (κ2) is 11.7. The number of benzene rings is 3. The van der Waals surface area contributed by atoms with Crippen LogP contribution in [0.1, 0.15) is 11.1 Å². The zero-order valence-corrected chi connectivity index (χ0v) is 24.0. The first-order chi connectivity index (χ1) is 19.3. The molecule has 0 aliphatic carbocycles. The van der Waals surface area contributed by atoms with Crippen molar-refractivity contribution in [3.63, 3.8) is 0 Å². The molecule has 11 heteroatoms. The van der Waals surface area contributed by atoms with E-state index in [9.17, 15) is 14.4 Å². The van der Waals surface area contributed by atoms with Crippen LogP contribution >= 0.6 is 35.6 Å². The molecule has 0 radical (unpaired) electrons. The van der Waals surface area contributed by atoms with Crippen molar-refractivity contribution < 1.29 is 23.9 Å². The van der Waals surface area contributed by atoms with E-state index in [1.54, 1.807) is 62.8 Å². The second-order valence-corrected chi connectivity index (χ2v) is 11.0. The smallest absolute Gasteiger partial charge is 0.267 e. The van der Waals surface area contributed by atoms with Crippen molar-refractivity contribution in [1.29, 1.82) is 0 Å². The number of fused-ring (bicyclic) bond motifs is 1. The van der Waals surface area contributed by atoms with E-state index in [2.05, 4.69) is 5.32 Å². The summed E-state index contributed by atoms with van der Waals surface area (Å²) in [6.07, 6.45) is 0.525. The number of nitrogens with one attached hydrogen (secondary N) is 1. The van der Waals surface area contributed by atoms with Gasteiger partial charge in [0.05, 0.1) is 30.4 Å². The van der Waals surface area contributed by atoms with Crippen molar-refractivity contribution in [2.75, 3.05) is 37.5 Å². The molecule has 3 aromatic carbocycles. The summed E-state index contributed by atoms with van der Waals surface area (Å²) in [5.74, 6) is 0.0791. The van der Waals surface area contributed by atoms with Crippen LogP contribution in [0.4, 0.5) is 11.4 Å². The molecule has 2 aliphatic heterocycles. The Balaban J connectivity index is 1.36. The molecule has 0 spiro atoms. The fraction of sp³-hybridized carbons (Fsp3) is 0.172. The van der Waals surface area contributed by atoms with E-state index in [0.29, 0.717) is 50.7 Å². The number of rotatable bonds is 8. The van der Waals surface area contributed by atoms with E-state index < -0.39 is 5.91 Å². The molecule has 5 rings (SSSR count). The van der Waals surface area contributed by atoms with Gasteiger partial charge in [-0.1, -0.05) is 59.8 Å². The maximum absolute atomic E-state index is 13.7. The van der Waals surface area contributed by atoms with Crippen molar-refractivity contribution in [2.45, 2.75) is 6.42 Å². The highest BCUT2D eigenvalue weighted by molar-refractivity contribution is 8.26. The minimum atomic E-state index is -0.423. The van der Waals surface area contributed by atoms with Crippen LogP contribution in [0.15, 0.2) is 71.6 Å². The molecule has 1 N–H and O–H groups in total. The van der Waals surface area contributed by atoms with E-state index in [4.69, 9.17) is 33.3 Å². The molecule has 0 aromatic heterocycles. The summed E-state index contributed by atoms with van der Waals surface area (Å²) in [7, 11) is 3.14. The number of methoxy groups -OCH3 is 2. The molecule has 2 heterocycles. The Morgan fingerprint density at radius 1 is 0.950 bits per heavy atom. The van der Waals surface area contributed by atoms with Crippen LogP contribution in [-0.4, -0.2) is 54.3 Å². The molecular weight excluding hydrogens is 570 g/mol. The summed E-state index contributed by atoms with van der Waals surface area (Å²) in [6.45, 7) is 0.113. The van der Waals surface area contributed by atoms with Crippen molar-refractivity contribution in [2.24, 2.45) is 0 Å². The zero-order valence-electron chi connectivity index (χ0n) is 21.6. The predicted octanol–water partition coefficient (Wildman–Crippen LogP) is 5.16.